The van der Waals surface area contributed by atoms with E-state index in [0.717, 1.165) is 11.6 Å². The summed E-state index contributed by atoms with van der Waals surface area (Å²) in [7, 11) is -3.96. The van der Waals surface area contributed by atoms with E-state index in [9.17, 15) is 31.5 Å². The molecule has 2 aromatic rings. The molecule has 7 nitrogen and oxygen atoms in total. The van der Waals surface area contributed by atoms with E-state index in [4.69, 9.17) is 11.6 Å². The third-order valence-electron chi connectivity index (χ3n) is 6.36. The number of pyridine rings is 1. The normalized spacial score (nSPS) is 23.7. The molecule has 1 aromatic heterocycles. The van der Waals surface area contributed by atoms with Gasteiger partial charge in [-0.1, -0.05) is 23.7 Å². The molecular weight excluding hydrogens is 495 g/mol. The van der Waals surface area contributed by atoms with Crippen LogP contribution >= 0.6 is 11.6 Å². The number of sulfonamides is 1. The Kier molecular flexibility index (Phi) is 6.32. The molecule has 1 saturated heterocycles. The summed E-state index contributed by atoms with van der Waals surface area (Å²) in [5, 5.41) is 8.92. The van der Waals surface area contributed by atoms with E-state index in [0.29, 0.717) is 11.8 Å². The van der Waals surface area contributed by atoms with Gasteiger partial charge in [0.15, 0.2) is 0 Å². The Hall–Kier alpha value is -2.37. The van der Waals surface area contributed by atoms with Crippen molar-refractivity contribution in [1.29, 1.82) is 0 Å². The average Bonchev–Trinajstić information content (AvgIpc) is 3.16. The first-order chi connectivity index (χ1) is 15.8. The van der Waals surface area contributed by atoms with Gasteiger partial charge in [0.1, 0.15) is 5.82 Å². The number of halogens is 4. The summed E-state index contributed by atoms with van der Waals surface area (Å²) in [6.07, 6.45) is -3.50. The standard InChI is InChI=1S/C22H23ClF3N3O4S/c1-12-10-28(20-8-18(23)17(9-27-20)22(24,25)26)11-13(2)29(12)34(32,33)19-5-3-4-14-6-15(21(30)31)7-16(14)19/h3-5,8-9,12-13,15H,6-7,10-11H2,1-2H3,(H,30,31)/t12-,13+,15?. The predicted molar refractivity (Wildman–Crippen MR) is 119 cm³/mol. The van der Waals surface area contributed by atoms with E-state index in [1.165, 1.54) is 10.4 Å². The number of rotatable bonds is 4. The first-order valence-electron chi connectivity index (χ1n) is 10.7. The monoisotopic (exact) mass is 517 g/mol. The van der Waals surface area contributed by atoms with Gasteiger partial charge in [-0.05, 0) is 49.9 Å². The van der Waals surface area contributed by atoms with Gasteiger partial charge in [0.2, 0.25) is 10.0 Å². The molecule has 0 amide bonds. The third kappa shape index (κ3) is 4.36. The number of piperazine rings is 1. The van der Waals surface area contributed by atoms with Crippen LogP contribution in [0.15, 0.2) is 35.4 Å². The minimum atomic E-state index is -4.62. The Morgan fingerprint density at radius 3 is 2.38 bits per heavy atom. The van der Waals surface area contributed by atoms with Crippen molar-refractivity contribution < 1.29 is 31.5 Å². The Morgan fingerprint density at radius 1 is 1.18 bits per heavy atom. The fraction of sp³-hybridized carbons (Fsp3) is 0.455. The van der Waals surface area contributed by atoms with Crippen LogP contribution in [-0.2, 0) is 33.8 Å². The summed E-state index contributed by atoms with van der Waals surface area (Å²) in [5.41, 5.74) is 0.224. The van der Waals surface area contributed by atoms with Crippen LogP contribution in [-0.4, -0.2) is 54.0 Å². The molecular formula is C22H23ClF3N3O4S. The van der Waals surface area contributed by atoms with Crippen LogP contribution in [0.3, 0.4) is 0 Å². The second-order valence-corrected chi connectivity index (χ2v) is 11.0. The SMILES string of the molecule is C[C@@H]1CN(c2cc(Cl)c(C(F)(F)F)cn2)C[C@H](C)N1S(=O)(=O)c1cccc2c1CC(C(=O)O)C2. The van der Waals surface area contributed by atoms with Crippen LogP contribution in [0.1, 0.15) is 30.5 Å². The van der Waals surface area contributed by atoms with Crippen LogP contribution in [0, 0.1) is 5.92 Å². The van der Waals surface area contributed by atoms with Crippen molar-refractivity contribution in [2.45, 2.75) is 49.8 Å². The molecule has 2 heterocycles. The lowest BCUT2D eigenvalue weighted by Gasteiger charge is -2.44. The second-order valence-electron chi connectivity index (χ2n) is 8.80. The van der Waals surface area contributed by atoms with E-state index in [1.54, 1.807) is 30.9 Å². The number of carboxylic acid groups (broad SMARTS) is 1. The minimum Gasteiger partial charge on any atom is -0.481 e. The van der Waals surface area contributed by atoms with Crippen LogP contribution in [0.2, 0.25) is 5.02 Å². The summed E-state index contributed by atoms with van der Waals surface area (Å²) in [6, 6.07) is 4.97. The number of aliphatic carboxylic acids is 1. The highest BCUT2D eigenvalue weighted by Gasteiger charge is 2.42. The first-order valence-corrected chi connectivity index (χ1v) is 12.5. The maximum atomic E-state index is 13.7. The molecule has 12 heteroatoms. The van der Waals surface area contributed by atoms with Gasteiger partial charge in [-0.15, -0.1) is 0 Å². The fourth-order valence-electron chi connectivity index (χ4n) is 4.92. The molecule has 0 radical (unpaired) electrons. The Morgan fingerprint density at radius 2 is 1.82 bits per heavy atom. The topological polar surface area (TPSA) is 90.8 Å². The predicted octanol–water partition coefficient (Wildman–Crippen LogP) is 3.84. The summed E-state index contributed by atoms with van der Waals surface area (Å²) in [6.45, 7) is 3.83. The largest absolute Gasteiger partial charge is 0.481 e. The van der Waals surface area contributed by atoms with E-state index in [1.807, 2.05) is 0 Å². The number of hydrogen-bond acceptors (Lipinski definition) is 5. The van der Waals surface area contributed by atoms with Crippen molar-refractivity contribution in [2.24, 2.45) is 5.92 Å². The molecule has 184 valence electrons. The summed E-state index contributed by atoms with van der Waals surface area (Å²) >= 11 is 5.84. The van der Waals surface area contributed by atoms with E-state index in [-0.39, 0.29) is 36.6 Å². The molecule has 4 rings (SSSR count). The molecule has 34 heavy (non-hydrogen) atoms. The molecule has 0 saturated carbocycles. The first kappa shape index (κ1) is 24.7. The van der Waals surface area contributed by atoms with Crippen molar-refractivity contribution in [3.8, 4) is 0 Å². The highest BCUT2D eigenvalue weighted by molar-refractivity contribution is 7.89. The van der Waals surface area contributed by atoms with Crippen molar-refractivity contribution >= 4 is 33.4 Å². The zero-order valence-electron chi connectivity index (χ0n) is 18.4. The van der Waals surface area contributed by atoms with Gasteiger partial charge in [0, 0.05) is 31.4 Å². The van der Waals surface area contributed by atoms with Gasteiger partial charge >= 0.3 is 12.1 Å². The van der Waals surface area contributed by atoms with Crippen LogP contribution in [0.25, 0.3) is 0 Å². The molecule has 0 bridgehead atoms. The number of carboxylic acids is 1. The van der Waals surface area contributed by atoms with Gasteiger partial charge in [-0.2, -0.15) is 17.5 Å². The number of hydrogen-bond donors (Lipinski definition) is 1. The molecule has 1 aliphatic carbocycles. The zero-order chi connectivity index (χ0) is 25.0. The Balaban J connectivity index is 1.60. The summed E-state index contributed by atoms with van der Waals surface area (Å²) in [5.74, 6) is -1.38. The minimum absolute atomic E-state index is 0.108. The van der Waals surface area contributed by atoms with Crippen molar-refractivity contribution in [3.05, 3.63) is 52.2 Å². The highest BCUT2D eigenvalue weighted by atomic mass is 35.5. The Bertz CT molecular complexity index is 1230. The third-order valence-corrected chi connectivity index (χ3v) is 8.88. The van der Waals surface area contributed by atoms with Gasteiger partial charge < -0.3 is 10.0 Å². The van der Waals surface area contributed by atoms with Gasteiger partial charge in [0.25, 0.3) is 0 Å². The number of nitrogens with zero attached hydrogens (tertiary/aromatic N) is 3. The van der Waals surface area contributed by atoms with E-state index >= 15 is 0 Å². The molecule has 1 N–H and O–H groups in total. The maximum Gasteiger partial charge on any atom is 0.419 e. The molecule has 1 aromatic carbocycles. The Labute approximate surface area is 200 Å². The lowest BCUT2D eigenvalue weighted by molar-refractivity contribution is -0.141. The van der Waals surface area contributed by atoms with Crippen LogP contribution in [0.4, 0.5) is 19.0 Å². The van der Waals surface area contributed by atoms with Gasteiger partial charge in [-0.3, -0.25) is 4.79 Å². The van der Waals surface area contributed by atoms with Gasteiger partial charge in [0.05, 0.1) is 21.4 Å². The van der Waals surface area contributed by atoms with Crippen molar-refractivity contribution in [2.75, 3.05) is 18.0 Å². The molecule has 3 atom stereocenters. The van der Waals surface area contributed by atoms with Crippen LogP contribution in [0.5, 0.6) is 0 Å². The molecule has 1 fully saturated rings. The maximum absolute atomic E-state index is 13.7. The summed E-state index contributed by atoms with van der Waals surface area (Å²) < 4.78 is 67.8. The van der Waals surface area contributed by atoms with E-state index in [2.05, 4.69) is 4.98 Å². The fourth-order valence-corrected chi connectivity index (χ4v) is 7.26. The zero-order valence-corrected chi connectivity index (χ0v) is 20.0. The quantitative estimate of drug-likeness (QED) is 0.662. The molecule has 0 spiro atoms. The summed E-state index contributed by atoms with van der Waals surface area (Å²) in [4.78, 5) is 17.2. The molecule has 1 aliphatic heterocycles. The van der Waals surface area contributed by atoms with E-state index < -0.39 is 50.8 Å². The second kappa shape index (κ2) is 8.69. The lowest BCUT2D eigenvalue weighted by atomic mass is 10.1. The number of benzene rings is 1. The number of fused-ring (bicyclic) bond motifs is 1. The molecule has 1 unspecified atom stereocenters. The number of carbonyl (C=O) groups is 1. The smallest absolute Gasteiger partial charge is 0.419 e. The van der Waals surface area contributed by atoms with Crippen LogP contribution < -0.4 is 4.90 Å². The molecule has 2 aliphatic rings. The van der Waals surface area contributed by atoms with Crippen molar-refractivity contribution in [3.63, 3.8) is 0 Å². The number of aromatic nitrogens is 1. The lowest BCUT2D eigenvalue weighted by Crippen LogP contribution is -2.58. The van der Waals surface area contributed by atoms with Gasteiger partial charge in [-0.25, -0.2) is 13.4 Å². The number of alkyl halides is 3. The highest BCUT2D eigenvalue weighted by Crippen LogP contribution is 2.38. The van der Waals surface area contributed by atoms with Crippen molar-refractivity contribution in [1.82, 2.24) is 9.29 Å². The average molecular weight is 518 g/mol. The number of anilines is 1.